The zero-order valence-electron chi connectivity index (χ0n) is 14.8. The van der Waals surface area contributed by atoms with Crippen LogP contribution < -0.4 is 0 Å². The molecule has 0 aliphatic carbocycles. The standard InChI is InChI=1S/C21H22N2O3/c1-15-7-8-22-20(9-15)17-10-18-13-25-14-19(11-17)23(18)21(24)26-12-16-5-3-2-4-6-16/h2-10,18-19H,11-14H2,1H3. The SMILES string of the molecule is Cc1ccnc(C2=CC3COCC(C2)N3C(=O)OCc2ccccc2)c1. The molecule has 0 saturated carbocycles. The Morgan fingerprint density at radius 1 is 1.27 bits per heavy atom. The summed E-state index contributed by atoms with van der Waals surface area (Å²) in [4.78, 5) is 19.0. The monoisotopic (exact) mass is 350 g/mol. The van der Waals surface area contributed by atoms with Crippen LogP contribution in [0.25, 0.3) is 5.57 Å². The largest absolute Gasteiger partial charge is 0.445 e. The third kappa shape index (κ3) is 3.48. The van der Waals surface area contributed by atoms with Crippen LogP contribution >= 0.6 is 0 Å². The lowest BCUT2D eigenvalue weighted by Crippen LogP contribution is -2.56. The molecule has 4 rings (SSSR count). The second-order valence-corrected chi connectivity index (χ2v) is 6.82. The van der Waals surface area contributed by atoms with Crippen LogP contribution in [0, 0.1) is 6.92 Å². The minimum absolute atomic E-state index is 0.0145. The Morgan fingerprint density at radius 3 is 2.88 bits per heavy atom. The van der Waals surface area contributed by atoms with Gasteiger partial charge in [0, 0.05) is 6.20 Å². The number of hydrogen-bond acceptors (Lipinski definition) is 4. The lowest BCUT2D eigenvalue weighted by atomic mass is 9.92. The molecule has 1 saturated heterocycles. The molecule has 1 aromatic carbocycles. The van der Waals surface area contributed by atoms with Crippen LogP contribution in [0.4, 0.5) is 4.79 Å². The fraction of sp³-hybridized carbons (Fsp3) is 0.333. The molecule has 0 N–H and O–H groups in total. The van der Waals surface area contributed by atoms with Gasteiger partial charge in [0.25, 0.3) is 0 Å². The van der Waals surface area contributed by atoms with Crippen molar-refractivity contribution in [2.45, 2.75) is 32.0 Å². The van der Waals surface area contributed by atoms with Gasteiger partial charge in [0.1, 0.15) is 6.61 Å². The Balaban J connectivity index is 1.50. The maximum atomic E-state index is 12.7. The number of amides is 1. The molecule has 2 aliphatic heterocycles. The molecule has 1 fully saturated rings. The van der Waals surface area contributed by atoms with Crippen molar-refractivity contribution < 1.29 is 14.3 Å². The van der Waals surface area contributed by atoms with E-state index in [1.807, 2.05) is 47.5 Å². The summed E-state index contributed by atoms with van der Waals surface area (Å²) in [5.41, 5.74) is 4.33. The zero-order chi connectivity index (χ0) is 17.9. The van der Waals surface area contributed by atoms with Gasteiger partial charge < -0.3 is 9.47 Å². The Labute approximate surface area is 153 Å². The van der Waals surface area contributed by atoms with E-state index >= 15 is 0 Å². The third-order valence-electron chi connectivity index (χ3n) is 4.86. The van der Waals surface area contributed by atoms with Crippen molar-refractivity contribution in [3.63, 3.8) is 0 Å². The maximum absolute atomic E-state index is 12.7. The fourth-order valence-electron chi connectivity index (χ4n) is 3.58. The van der Waals surface area contributed by atoms with E-state index in [2.05, 4.69) is 24.1 Å². The molecule has 5 heteroatoms. The first kappa shape index (κ1) is 16.8. The summed E-state index contributed by atoms with van der Waals surface area (Å²) in [7, 11) is 0. The number of morpholine rings is 1. The Morgan fingerprint density at radius 2 is 2.12 bits per heavy atom. The summed E-state index contributed by atoms with van der Waals surface area (Å²) in [5.74, 6) is 0. The number of carbonyl (C=O) groups is 1. The van der Waals surface area contributed by atoms with E-state index in [0.29, 0.717) is 13.2 Å². The average Bonchev–Trinajstić information content (AvgIpc) is 2.66. The molecule has 2 bridgehead atoms. The van der Waals surface area contributed by atoms with E-state index in [1.54, 1.807) is 0 Å². The topological polar surface area (TPSA) is 51.7 Å². The van der Waals surface area contributed by atoms with E-state index in [4.69, 9.17) is 9.47 Å². The number of benzene rings is 1. The highest BCUT2D eigenvalue weighted by Gasteiger charge is 2.39. The Hall–Kier alpha value is -2.66. The second-order valence-electron chi connectivity index (χ2n) is 6.82. The first-order valence-electron chi connectivity index (χ1n) is 8.91. The van der Waals surface area contributed by atoms with Gasteiger partial charge in [-0.2, -0.15) is 0 Å². The number of nitrogens with zero attached hydrogens (tertiary/aromatic N) is 2. The minimum Gasteiger partial charge on any atom is -0.445 e. The van der Waals surface area contributed by atoms with Crippen molar-refractivity contribution >= 4 is 11.7 Å². The van der Waals surface area contributed by atoms with E-state index < -0.39 is 0 Å². The molecule has 2 atom stereocenters. The van der Waals surface area contributed by atoms with Crippen molar-refractivity contribution in [3.05, 3.63) is 71.6 Å². The molecular formula is C21H22N2O3. The summed E-state index contributed by atoms with van der Waals surface area (Å²) < 4.78 is 11.2. The fourth-order valence-corrected chi connectivity index (χ4v) is 3.58. The van der Waals surface area contributed by atoms with Gasteiger partial charge in [0.2, 0.25) is 0 Å². The van der Waals surface area contributed by atoms with Crippen LogP contribution in [-0.2, 0) is 16.1 Å². The number of ether oxygens (including phenoxy) is 2. The van der Waals surface area contributed by atoms with E-state index in [9.17, 15) is 4.79 Å². The predicted octanol–water partition coefficient (Wildman–Crippen LogP) is 3.58. The molecule has 2 unspecified atom stereocenters. The lowest BCUT2D eigenvalue weighted by Gasteiger charge is -2.43. The maximum Gasteiger partial charge on any atom is 0.411 e. The smallest absolute Gasteiger partial charge is 0.411 e. The predicted molar refractivity (Wildman–Crippen MR) is 98.4 cm³/mol. The Kier molecular flexibility index (Phi) is 4.71. The molecule has 2 aliphatic rings. The van der Waals surface area contributed by atoms with E-state index in [-0.39, 0.29) is 24.8 Å². The normalized spacial score (nSPS) is 21.9. The van der Waals surface area contributed by atoms with Crippen LogP contribution in [0.3, 0.4) is 0 Å². The van der Waals surface area contributed by atoms with Gasteiger partial charge in [-0.15, -0.1) is 0 Å². The first-order chi connectivity index (χ1) is 12.7. The van der Waals surface area contributed by atoms with Gasteiger partial charge in [-0.3, -0.25) is 9.88 Å². The van der Waals surface area contributed by atoms with Gasteiger partial charge in [0.05, 0.1) is 31.0 Å². The van der Waals surface area contributed by atoms with Gasteiger partial charge in [-0.05, 0) is 42.2 Å². The molecule has 134 valence electrons. The van der Waals surface area contributed by atoms with Crippen molar-refractivity contribution in [1.29, 1.82) is 0 Å². The summed E-state index contributed by atoms with van der Waals surface area (Å²) >= 11 is 0. The summed E-state index contributed by atoms with van der Waals surface area (Å²) in [5, 5.41) is 0. The second kappa shape index (κ2) is 7.30. The van der Waals surface area contributed by atoms with Crippen LogP contribution in [0.5, 0.6) is 0 Å². The number of aromatic nitrogens is 1. The van der Waals surface area contributed by atoms with Crippen LogP contribution in [-0.4, -0.2) is 41.3 Å². The lowest BCUT2D eigenvalue weighted by molar-refractivity contribution is -0.0342. The molecule has 1 amide bonds. The summed E-state index contributed by atoms with van der Waals surface area (Å²) in [6, 6.07) is 13.7. The zero-order valence-corrected chi connectivity index (χ0v) is 14.8. The van der Waals surface area contributed by atoms with Gasteiger partial charge in [0.15, 0.2) is 0 Å². The highest BCUT2D eigenvalue weighted by Crippen LogP contribution is 2.32. The van der Waals surface area contributed by atoms with Crippen LogP contribution in [0.15, 0.2) is 54.7 Å². The van der Waals surface area contributed by atoms with E-state index in [0.717, 1.165) is 17.7 Å². The van der Waals surface area contributed by atoms with Crippen LogP contribution in [0.2, 0.25) is 0 Å². The molecule has 0 radical (unpaired) electrons. The number of pyridine rings is 1. The molecule has 0 spiro atoms. The first-order valence-corrected chi connectivity index (χ1v) is 8.91. The highest BCUT2D eigenvalue weighted by molar-refractivity contribution is 5.73. The van der Waals surface area contributed by atoms with Gasteiger partial charge >= 0.3 is 6.09 Å². The Bertz CT molecular complexity index is 819. The average molecular weight is 350 g/mol. The molecule has 26 heavy (non-hydrogen) atoms. The third-order valence-corrected chi connectivity index (χ3v) is 4.86. The summed E-state index contributed by atoms with van der Waals surface area (Å²) in [6.07, 6.45) is 4.38. The van der Waals surface area contributed by atoms with E-state index in [1.165, 1.54) is 11.1 Å². The summed E-state index contributed by atoms with van der Waals surface area (Å²) in [6.45, 7) is 3.37. The van der Waals surface area contributed by atoms with Crippen LogP contribution in [0.1, 0.15) is 23.2 Å². The highest BCUT2D eigenvalue weighted by atomic mass is 16.6. The number of carbonyl (C=O) groups excluding carboxylic acids is 1. The van der Waals surface area contributed by atoms with Crippen molar-refractivity contribution in [3.8, 4) is 0 Å². The van der Waals surface area contributed by atoms with Crippen molar-refractivity contribution in [2.75, 3.05) is 13.2 Å². The van der Waals surface area contributed by atoms with Crippen molar-refractivity contribution in [2.24, 2.45) is 0 Å². The molecule has 5 nitrogen and oxygen atoms in total. The van der Waals surface area contributed by atoms with Gasteiger partial charge in [-0.25, -0.2) is 4.79 Å². The number of hydrogen-bond donors (Lipinski definition) is 0. The minimum atomic E-state index is -0.278. The number of rotatable bonds is 3. The van der Waals surface area contributed by atoms with Gasteiger partial charge in [-0.1, -0.05) is 36.4 Å². The van der Waals surface area contributed by atoms with Crippen molar-refractivity contribution in [1.82, 2.24) is 9.88 Å². The molecule has 3 heterocycles. The molecule has 2 aromatic rings. The number of aryl methyl sites for hydroxylation is 1. The molecule has 1 aromatic heterocycles. The quantitative estimate of drug-likeness (QED) is 0.849. The molecular weight excluding hydrogens is 328 g/mol. The number of fused-ring (bicyclic) bond motifs is 2.